The van der Waals surface area contributed by atoms with Crippen LogP contribution in [0.2, 0.25) is 0 Å². The molecule has 0 radical (unpaired) electrons. The fourth-order valence-corrected chi connectivity index (χ4v) is 5.08. The molecule has 0 N–H and O–H groups in total. The summed E-state index contributed by atoms with van der Waals surface area (Å²) in [4.78, 5) is 10.8. The van der Waals surface area contributed by atoms with Crippen LogP contribution in [0.5, 0.6) is 5.75 Å². The van der Waals surface area contributed by atoms with Crippen molar-refractivity contribution in [1.82, 2.24) is 0 Å². The lowest BCUT2D eigenvalue weighted by Crippen LogP contribution is -2.53. The average Bonchev–Trinajstić information content (AvgIpc) is 2.36. The highest BCUT2D eigenvalue weighted by Gasteiger charge is 2.52. The molecule has 4 fully saturated rings. The van der Waals surface area contributed by atoms with Crippen molar-refractivity contribution in [2.75, 3.05) is 0 Å². The predicted octanol–water partition coefficient (Wildman–Crippen LogP) is 3.94. The SMILES string of the molecule is O=[N+]([O-])c1ccccc1OC12CC3CC(CC(C3)C1)C2. The second-order valence-electron chi connectivity index (χ2n) is 6.93. The van der Waals surface area contributed by atoms with Crippen LogP contribution in [0.3, 0.4) is 0 Å². The quantitative estimate of drug-likeness (QED) is 0.619. The maximum atomic E-state index is 11.1. The largest absolute Gasteiger partial charge is 0.480 e. The highest BCUT2D eigenvalue weighted by molar-refractivity contribution is 5.46. The summed E-state index contributed by atoms with van der Waals surface area (Å²) in [5.74, 6) is 2.80. The van der Waals surface area contributed by atoms with E-state index in [-0.39, 0.29) is 16.2 Å². The van der Waals surface area contributed by atoms with Gasteiger partial charge in [-0.2, -0.15) is 0 Å². The summed E-state index contributed by atoms with van der Waals surface area (Å²) in [6, 6.07) is 6.81. The van der Waals surface area contributed by atoms with E-state index in [9.17, 15) is 10.1 Å². The number of hydrogen-bond donors (Lipinski definition) is 0. The lowest BCUT2D eigenvalue weighted by Gasteiger charge is -2.56. The molecule has 4 saturated carbocycles. The maximum absolute atomic E-state index is 11.1. The second kappa shape index (κ2) is 4.21. The molecule has 0 aliphatic heterocycles. The number of hydrogen-bond acceptors (Lipinski definition) is 3. The van der Waals surface area contributed by atoms with Gasteiger partial charge in [-0.05, 0) is 62.3 Å². The summed E-state index contributed by atoms with van der Waals surface area (Å²) in [6.07, 6.45) is 7.31. The molecule has 0 saturated heterocycles. The molecular weight excluding hydrogens is 254 g/mol. The molecule has 0 heterocycles. The van der Waals surface area contributed by atoms with Gasteiger partial charge in [0, 0.05) is 6.07 Å². The molecule has 0 atom stereocenters. The molecule has 0 aromatic heterocycles. The van der Waals surface area contributed by atoms with Crippen LogP contribution in [0.15, 0.2) is 24.3 Å². The van der Waals surface area contributed by atoms with Crippen molar-refractivity contribution in [3.05, 3.63) is 34.4 Å². The molecular formula is C16H19NO3. The molecule has 0 unspecified atom stereocenters. The van der Waals surface area contributed by atoms with Crippen molar-refractivity contribution in [3.8, 4) is 5.75 Å². The third-order valence-corrected chi connectivity index (χ3v) is 5.37. The highest BCUT2D eigenvalue weighted by Crippen LogP contribution is 2.57. The second-order valence-corrected chi connectivity index (χ2v) is 6.93. The summed E-state index contributed by atoms with van der Waals surface area (Å²) in [7, 11) is 0. The fraction of sp³-hybridized carbons (Fsp3) is 0.625. The zero-order valence-electron chi connectivity index (χ0n) is 11.5. The maximum Gasteiger partial charge on any atom is 0.310 e. The zero-order valence-corrected chi connectivity index (χ0v) is 11.5. The van der Waals surface area contributed by atoms with E-state index in [0.29, 0.717) is 5.75 Å². The number of nitro benzene ring substituents is 1. The van der Waals surface area contributed by atoms with Crippen molar-refractivity contribution in [2.24, 2.45) is 17.8 Å². The van der Waals surface area contributed by atoms with Crippen LogP contribution in [0.4, 0.5) is 5.69 Å². The Labute approximate surface area is 118 Å². The Balaban J connectivity index is 1.64. The van der Waals surface area contributed by atoms with Crippen LogP contribution in [0.25, 0.3) is 0 Å². The summed E-state index contributed by atoms with van der Waals surface area (Å²) in [5.41, 5.74) is -0.0239. The van der Waals surface area contributed by atoms with Gasteiger partial charge in [0.25, 0.3) is 0 Å². The molecule has 4 aliphatic carbocycles. The average molecular weight is 273 g/mol. The number of nitro groups is 1. The summed E-state index contributed by atoms with van der Waals surface area (Å²) in [5, 5.41) is 11.1. The summed E-state index contributed by atoms with van der Waals surface area (Å²) in [6.45, 7) is 0. The van der Waals surface area contributed by atoms with Gasteiger partial charge in [-0.3, -0.25) is 10.1 Å². The lowest BCUT2D eigenvalue weighted by atomic mass is 9.54. The third kappa shape index (κ3) is 1.89. The van der Waals surface area contributed by atoms with Crippen LogP contribution < -0.4 is 4.74 Å². The smallest absolute Gasteiger partial charge is 0.310 e. The molecule has 4 nitrogen and oxygen atoms in total. The standard InChI is InChI=1S/C16H19NO3/c18-17(19)14-3-1-2-4-15(14)20-16-8-11-5-12(9-16)7-13(6-11)10-16/h1-4,11-13H,5-10H2. The van der Waals surface area contributed by atoms with Crippen molar-refractivity contribution in [3.63, 3.8) is 0 Å². The van der Waals surface area contributed by atoms with E-state index in [2.05, 4.69) is 0 Å². The molecule has 20 heavy (non-hydrogen) atoms. The Kier molecular flexibility index (Phi) is 2.56. The Morgan fingerprint density at radius 2 is 1.60 bits per heavy atom. The number of rotatable bonds is 3. The highest BCUT2D eigenvalue weighted by atomic mass is 16.6. The van der Waals surface area contributed by atoms with Crippen LogP contribution in [-0.4, -0.2) is 10.5 Å². The Hall–Kier alpha value is -1.58. The minimum absolute atomic E-state index is 0.100. The predicted molar refractivity (Wildman–Crippen MR) is 74.6 cm³/mol. The molecule has 4 heteroatoms. The van der Waals surface area contributed by atoms with E-state index in [1.54, 1.807) is 12.1 Å². The van der Waals surface area contributed by atoms with E-state index in [0.717, 1.165) is 37.0 Å². The molecule has 1 aromatic carbocycles. The molecule has 4 aliphatic rings. The third-order valence-electron chi connectivity index (χ3n) is 5.37. The normalized spacial score (nSPS) is 37.9. The van der Waals surface area contributed by atoms with Gasteiger partial charge < -0.3 is 4.74 Å². The number of para-hydroxylation sites is 2. The van der Waals surface area contributed by atoms with E-state index in [1.807, 2.05) is 6.07 Å². The van der Waals surface area contributed by atoms with Gasteiger partial charge in [-0.15, -0.1) is 0 Å². The molecule has 106 valence electrons. The molecule has 0 amide bonds. The van der Waals surface area contributed by atoms with Gasteiger partial charge in [0.2, 0.25) is 0 Å². The van der Waals surface area contributed by atoms with Crippen molar-refractivity contribution >= 4 is 5.69 Å². The zero-order chi connectivity index (χ0) is 13.7. The van der Waals surface area contributed by atoms with Crippen molar-refractivity contribution in [2.45, 2.75) is 44.1 Å². The van der Waals surface area contributed by atoms with Gasteiger partial charge in [0.05, 0.1) is 4.92 Å². The monoisotopic (exact) mass is 273 g/mol. The van der Waals surface area contributed by atoms with Crippen LogP contribution >= 0.6 is 0 Å². The summed E-state index contributed by atoms with van der Waals surface area (Å²) >= 11 is 0. The topological polar surface area (TPSA) is 52.4 Å². The molecule has 4 bridgehead atoms. The van der Waals surface area contributed by atoms with Gasteiger partial charge in [-0.25, -0.2) is 0 Å². The first-order valence-electron chi connectivity index (χ1n) is 7.56. The van der Waals surface area contributed by atoms with Crippen LogP contribution in [0.1, 0.15) is 38.5 Å². The van der Waals surface area contributed by atoms with E-state index < -0.39 is 0 Å². The Morgan fingerprint density at radius 1 is 1.05 bits per heavy atom. The Bertz CT molecular complexity index is 519. The minimum Gasteiger partial charge on any atom is -0.480 e. The first-order chi connectivity index (χ1) is 9.63. The number of ether oxygens (including phenoxy) is 1. The molecule has 0 spiro atoms. The fourth-order valence-electron chi connectivity index (χ4n) is 5.08. The number of benzene rings is 1. The van der Waals surface area contributed by atoms with Gasteiger partial charge in [0.1, 0.15) is 5.60 Å². The van der Waals surface area contributed by atoms with Crippen LogP contribution in [0, 0.1) is 27.9 Å². The van der Waals surface area contributed by atoms with Crippen molar-refractivity contribution < 1.29 is 9.66 Å². The van der Waals surface area contributed by atoms with Gasteiger partial charge in [-0.1, -0.05) is 12.1 Å². The van der Waals surface area contributed by atoms with Crippen molar-refractivity contribution in [1.29, 1.82) is 0 Å². The van der Waals surface area contributed by atoms with E-state index in [1.165, 1.54) is 25.3 Å². The van der Waals surface area contributed by atoms with Crippen LogP contribution in [-0.2, 0) is 0 Å². The first kappa shape index (κ1) is 12.2. The summed E-state index contributed by atoms with van der Waals surface area (Å²) < 4.78 is 6.27. The lowest BCUT2D eigenvalue weighted by molar-refractivity contribution is -0.386. The van der Waals surface area contributed by atoms with E-state index >= 15 is 0 Å². The molecule has 5 rings (SSSR count). The Morgan fingerprint density at radius 3 is 2.15 bits per heavy atom. The first-order valence-corrected chi connectivity index (χ1v) is 7.56. The van der Waals surface area contributed by atoms with Gasteiger partial charge >= 0.3 is 5.69 Å². The van der Waals surface area contributed by atoms with E-state index in [4.69, 9.17) is 4.74 Å². The van der Waals surface area contributed by atoms with Gasteiger partial charge in [0.15, 0.2) is 5.75 Å². The number of nitrogens with zero attached hydrogens (tertiary/aromatic N) is 1. The minimum atomic E-state index is -0.337. The molecule has 1 aromatic rings.